The number of fused-ring (bicyclic) bond motifs is 1. The van der Waals surface area contributed by atoms with Crippen molar-refractivity contribution in [3.05, 3.63) is 53.9 Å². The lowest BCUT2D eigenvalue weighted by atomic mass is 10.1. The number of esters is 2. The van der Waals surface area contributed by atoms with Crippen LogP contribution in [0.4, 0.5) is 10.8 Å². The number of rotatable bonds is 4. The van der Waals surface area contributed by atoms with Crippen LogP contribution >= 0.6 is 11.3 Å². The normalized spacial score (nSPS) is 17.3. The number of carbonyl (C=O) groups is 2. The maximum absolute atomic E-state index is 12.6. The third-order valence-electron chi connectivity index (χ3n) is 5.30. The van der Waals surface area contributed by atoms with E-state index in [1.54, 1.807) is 40.7 Å². The van der Waals surface area contributed by atoms with Crippen molar-refractivity contribution in [1.29, 1.82) is 0 Å². The Morgan fingerprint density at radius 2 is 1.77 bits per heavy atom. The highest BCUT2D eigenvalue weighted by atomic mass is 32.1. The Hall–Kier alpha value is -3.17. The van der Waals surface area contributed by atoms with E-state index >= 15 is 0 Å². The first-order valence-electron chi connectivity index (χ1n) is 9.91. The molecule has 0 N–H and O–H groups in total. The van der Waals surface area contributed by atoms with Crippen LogP contribution in [0.3, 0.4) is 0 Å². The number of aromatic nitrogens is 1. The smallest absolute Gasteiger partial charge is 0.355 e. The Labute approximate surface area is 184 Å². The van der Waals surface area contributed by atoms with Gasteiger partial charge >= 0.3 is 11.9 Å². The standard InChI is InChI=1S/C22H24N4O4S/c1-24-10-12-25(13-11-24)22-23-17-8-7-15(14-18(17)31-22)26-9-5-4-6-16(20(27)29-2)19(26)21(28)30-3/h4-9,14H,10-13H2,1-3H3. The zero-order chi connectivity index (χ0) is 22.0. The first kappa shape index (κ1) is 21.1. The minimum absolute atomic E-state index is 0.0995. The van der Waals surface area contributed by atoms with Gasteiger partial charge in [-0.1, -0.05) is 17.4 Å². The molecule has 1 saturated heterocycles. The number of methoxy groups -OCH3 is 2. The molecular weight excluding hydrogens is 416 g/mol. The van der Waals surface area contributed by atoms with Gasteiger partial charge in [0, 0.05) is 38.1 Å². The number of anilines is 2. The lowest BCUT2D eigenvalue weighted by Crippen LogP contribution is -2.44. The fraction of sp³-hybridized carbons (Fsp3) is 0.318. The summed E-state index contributed by atoms with van der Waals surface area (Å²) in [4.78, 5) is 36.0. The quantitative estimate of drug-likeness (QED) is 0.672. The van der Waals surface area contributed by atoms with Crippen molar-refractivity contribution in [2.45, 2.75) is 0 Å². The van der Waals surface area contributed by atoms with E-state index in [0.29, 0.717) is 0 Å². The molecule has 0 amide bonds. The highest BCUT2D eigenvalue weighted by molar-refractivity contribution is 7.22. The largest absolute Gasteiger partial charge is 0.465 e. The Bertz CT molecular complexity index is 1100. The van der Waals surface area contributed by atoms with Crippen molar-refractivity contribution in [3.63, 3.8) is 0 Å². The van der Waals surface area contributed by atoms with Gasteiger partial charge in [-0.15, -0.1) is 0 Å². The predicted octanol–water partition coefficient (Wildman–Crippen LogP) is 2.54. The summed E-state index contributed by atoms with van der Waals surface area (Å²) in [6.07, 6.45) is 6.71. The molecule has 3 heterocycles. The summed E-state index contributed by atoms with van der Waals surface area (Å²) >= 11 is 1.62. The Balaban J connectivity index is 1.73. The topological polar surface area (TPSA) is 75.2 Å². The van der Waals surface area contributed by atoms with Gasteiger partial charge < -0.3 is 24.2 Å². The van der Waals surface area contributed by atoms with E-state index in [4.69, 9.17) is 14.5 Å². The van der Waals surface area contributed by atoms with E-state index in [-0.39, 0.29) is 11.3 Å². The molecule has 4 rings (SSSR count). The number of allylic oxidation sites excluding steroid dienone is 2. The van der Waals surface area contributed by atoms with Gasteiger partial charge in [0.05, 0.1) is 30.0 Å². The van der Waals surface area contributed by atoms with Crippen molar-refractivity contribution in [1.82, 2.24) is 9.88 Å². The van der Waals surface area contributed by atoms with Crippen LogP contribution in [-0.4, -0.2) is 69.3 Å². The van der Waals surface area contributed by atoms with Gasteiger partial charge in [0.2, 0.25) is 0 Å². The van der Waals surface area contributed by atoms with Crippen LogP contribution < -0.4 is 9.80 Å². The van der Waals surface area contributed by atoms with E-state index in [0.717, 1.165) is 47.2 Å². The summed E-state index contributed by atoms with van der Waals surface area (Å²) in [6.45, 7) is 3.91. The summed E-state index contributed by atoms with van der Waals surface area (Å²) < 4.78 is 10.8. The molecule has 0 aliphatic carbocycles. The molecule has 0 saturated carbocycles. The average Bonchev–Trinajstić information content (AvgIpc) is 3.09. The van der Waals surface area contributed by atoms with E-state index in [1.165, 1.54) is 14.2 Å². The first-order chi connectivity index (χ1) is 15.0. The lowest BCUT2D eigenvalue weighted by molar-refractivity contribution is -0.139. The second-order valence-electron chi connectivity index (χ2n) is 7.25. The van der Waals surface area contributed by atoms with Crippen molar-refractivity contribution in [2.75, 3.05) is 57.2 Å². The SMILES string of the molecule is COC(=O)C1=C(C(=O)OC)N(c2ccc3nc(N4CCN(C)CC4)sc3c2)C=CC=C1. The minimum atomic E-state index is -0.626. The third kappa shape index (κ3) is 4.19. The van der Waals surface area contributed by atoms with Gasteiger partial charge in [-0.3, -0.25) is 0 Å². The van der Waals surface area contributed by atoms with Crippen LogP contribution in [0.25, 0.3) is 10.2 Å². The van der Waals surface area contributed by atoms with Crippen molar-refractivity contribution in [3.8, 4) is 0 Å². The Morgan fingerprint density at radius 3 is 2.48 bits per heavy atom. The Morgan fingerprint density at radius 1 is 1.03 bits per heavy atom. The van der Waals surface area contributed by atoms with Crippen LogP contribution in [0.5, 0.6) is 0 Å². The van der Waals surface area contributed by atoms with Gasteiger partial charge in [-0.05, 0) is 37.4 Å². The molecule has 31 heavy (non-hydrogen) atoms. The molecule has 9 heteroatoms. The van der Waals surface area contributed by atoms with Crippen LogP contribution in [0.15, 0.2) is 53.9 Å². The van der Waals surface area contributed by atoms with Crippen molar-refractivity contribution >= 4 is 44.3 Å². The molecule has 8 nitrogen and oxygen atoms in total. The number of likely N-dealkylation sites (N-methyl/N-ethyl adjacent to an activating group) is 1. The molecule has 2 aliphatic rings. The van der Waals surface area contributed by atoms with Crippen LogP contribution in [0.2, 0.25) is 0 Å². The highest BCUT2D eigenvalue weighted by Crippen LogP contribution is 2.34. The molecule has 0 unspecified atom stereocenters. The molecule has 1 aromatic carbocycles. The maximum Gasteiger partial charge on any atom is 0.355 e. The predicted molar refractivity (Wildman–Crippen MR) is 121 cm³/mol. The fourth-order valence-electron chi connectivity index (χ4n) is 3.55. The van der Waals surface area contributed by atoms with E-state index in [1.807, 2.05) is 18.2 Å². The second-order valence-corrected chi connectivity index (χ2v) is 8.26. The number of piperazine rings is 1. The zero-order valence-electron chi connectivity index (χ0n) is 17.7. The average molecular weight is 441 g/mol. The van der Waals surface area contributed by atoms with Gasteiger partial charge in [0.25, 0.3) is 0 Å². The maximum atomic E-state index is 12.6. The summed E-state index contributed by atoms with van der Waals surface area (Å²) in [5.74, 6) is -1.24. The number of hydrogen-bond donors (Lipinski definition) is 0. The zero-order valence-corrected chi connectivity index (χ0v) is 18.5. The van der Waals surface area contributed by atoms with Crippen LogP contribution in [0, 0.1) is 0 Å². The molecule has 162 valence electrons. The molecular formula is C22H24N4O4S. The lowest BCUT2D eigenvalue weighted by Gasteiger charge is -2.32. The molecule has 1 aromatic heterocycles. The van der Waals surface area contributed by atoms with Crippen molar-refractivity contribution < 1.29 is 19.1 Å². The fourth-order valence-corrected chi connectivity index (χ4v) is 4.60. The van der Waals surface area contributed by atoms with Crippen molar-refractivity contribution in [2.24, 2.45) is 0 Å². The molecule has 0 bridgehead atoms. The van der Waals surface area contributed by atoms with E-state index in [2.05, 4.69) is 16.8 Å². The summed E-state index contributed by atoms with van der Waals surface area (Å²) in [7, 11) is 4.69. The molecule has 0 spiro atoms. The van der Waals surface area contributed by atoms with Crippen LogP contribution in [-0.2, 0) is 19.1 Å². The van der Waals surface area contributed by atoms with E-state index in [9.17, 15) is 9.59 Å². The van der Waals surface area contributed by atoms with Gasteiger partial charge in [-0.2, -0.15) is 0 Å². The highest BCUT2D eigenvalue weighted by Gasteiger charge is 2.28. The summed E-state index contributed by atoms with van der Waals surface area (Å²) in [6, 6.07) is 5.78. The number of nitrogens with zero attached hydrogens (tertiary/aromatic N) is 4. The molecule has 1 fully saturated rings. The summed E-state index contributed by atoms with van der Waals surface area (Å²) in [5, 5.41) is 0.993. The Kier molecular flexibility index (Phi) is 6.06. The molecule has 0 atom stereocenters. The number of ether oxygens (including phenoxy) is 2. The molecule has 0 radical (unpaired) electrons. The van der Waals surface area contributed by atoms with E-state index < -0.39 is 11.9 Å². The minimum Gasteiger partial charge on any atom is -0.465 e. The van der Waals surface area contributed by atoms with Crippen LogP contribution in [0.1, 0.15) is 0 Å². The number of carbonyl (C=O) groups excluding carboxylic acids is 2. The second kappa shape index (κ2) is 8.91. The number of benzene rings is 1. The third-order valence-corrected chi connectivity index (χ3v) is 6.38. The summed E-state index contributed by atoms with van der Waals surface area (Å²) in [5.41, 5.74) is 1.85. The molecule has 2 aliphatic heterocycles. The monoisotopic (exact) mass is 440 g/mol. The molecule has 2 aromatic rings. The van der Waals surface area contributed by atoms with Gasteiger partial charge in [-0.25, -0.2) is 14.6 Å². The number of thiazole rings is 1. The van der Waals surface area contributed by atoms with Gasteiger partial charge in [0.15, 0.2) is 5.13 Å². The van der Waals surface area contributed by atoms with Gasteiger partial charge in [0.1, 0.15) is 5.70 Å². The number of hydrogen-bond acceptors (Lipinski definition) is 9. The first-order valence-corrected chi connectivity index (χ1v) is 10.7.